The average molecular weight is 459 g/mol. The molecular weight excluding hydrogens is 428 g/mol. The molecule has 0 unspecified atom stereocenters. The first kappa shape index (κ1) is 22.4. The molecule has 2 fully saturated rings. The van der Waals surface area contributed by atoms with Crippen LogP contribution in [0.1, 0.15) is 55.0 Å². The minimum absolute atomic E-state index is 0.0162. The van der Waals surface area contributed by atoms with Crippen LogP contribution in [0.5, 0.6) is 0 Å². The minimum Gasteiger partial charge on any atom is -0.444 e. The highest BCUT2D eigenvalue weighted by Crippen LogP contribution is 2.31. The highest BCUT2D eigenvalue weighted by atomic mass is 32.1. The fourth-order valence-electron chi connectivity index (χ4n) is 3.96. The Kier molecular flexibility index (Phi) is 6.59. The van der Waals surface area contributed by atoms with Crippen LogP contribution in [0.15, 0.2) is 24.0 Å². The summed E-state index contributed by atoms with van der Waals surface area (Å²) < 4.78 is 5.47. The van der Waals surface area contributed by atoms with E-state index < -0.39 is 5.60 Å². The van der Waals surface area contributed by atoms with E-state index in [-0.39, 0.29) is 17.9 Å². The monoisotopic (exact) mass is 458 g/mol. The predicted octanol–water partition coefficient (Wildman–Crippen LogP) is 3.01. The molecule has 4 heterocycles. The summed E-state index contributed by atoms with van der Waals surface area (Å²) in [5.41, 5.74) is 0.0332. The second kappa shape index (κ2) is 9.40. The number of hydrogen-bond donors (Lipinski definition) is 0. The SMILES string of the molecule is CC(C)(C)OC(=O)N1CCC(c2nc(C(=O)N3CCN(c4cnccn4)CC3)cs2)CC1. The van der Waals surface area contributed by atoms with Gasteiger partial charge in [0, 0.05) is 63.0 Å². The van der Waals surface area contributed by atoms with E-state index in [2.05, 4.69) is 19.9 Å². The molecule has 0 atom stereocenters. The van der Waals surface area contributed by atoms with Crippen LogP contribution in [0.2, 0.25) is 0 Å². The molecule has 0 bridgehead atoms. The van der Waals surface area contributed by atoms with Crippen molar-refractivity contribution < 1.29 is 14.3 Å². The van der Waals surface area contributed by atoms with Crippen molar-refractivity contribution in [2.45, 2.75) is 45.1 Å². The van der Waals surface area contributed by atoms with Gasteiger partial charge in [-0.05, 0) is 33.6 Å². The molecule has 32 heavy (non-hydrogen) atoms. The van der Waals surface area contributed by atoms with Crippen LogP contribution in [0, 0.1) is 0 Å². The highest BCUT2D eigenvalue weighted by Gasteiger charge is 2.30. The summed E-state index contributed by atoms with van der Waals surface area (Å²) in [7, 11) is 0. The Balaban J connectivity index is 1.29. The number of rotatable bonds is 3. The molecule has 0 N–H and O–H groups in total. The topological polar surface area (TPSA) is 91.8 Å². The number of thiazole rings is 1. The number of hydrogen-bond acceptors (Lipinski definition) is 8. The summed E-state index contributed by atoms with van der Waals surface area (Å²) in [6.45, 7) is 9.64. The molecule has 2 aromatic heterocycles. The van der Waals surface area contributed by atoms with Gasteiger partial charge in [0.25, 0.3) is 5.91 Å². The Labute approximate surface area is 192 Å². The molecule has 0 aromatic carbocycles. The molecule has 0 radical (unpaired) electrons. The smallest absolute Gasteiger partial charge is 0.410 e. The van der Waals surface area contributed by atoms with Gasteiger partial charge in [0.2, 0.25) is 0 Å². The number of piperazine rings is 1. The number of amides is 2. The average Bonchev–Trinajstić information content (AvgIpc) is 3.29. The zero-order valence-electron chi connectivity index (χ0n) is 18.9. The van der Waals surface area contributed by atoms with Crippen molar-refractivity contribution >= 4 is 29.2 Å². The highest BCUT2D eigenvalue weighted by molar-refractivity contribution is 7.09. The maximum atomic E-state index is 13.0. The summed E-state index contributed by atoms with van der Waals surface area (Å²) in [5, 5.41) is 2.85. The van der Waals surface area contributed by atoms with Gasteiger partial charge >= 0.3 is 6.09 Å². The lowest BCUT2D eigenvalue weighted by Gasteiger charge is -2.34. The molecular formula is C22H30N6O3S. The van der Waals surface area contributed by atoms with Crippen LogP contribution >= 0.6 is 11.3 Å². The van der Waals surface area contributed by atoms with E-state index in [1.807, 2.05) is 31.1 Å². The molecule has 0 aliphatic carbocycles. The maximum absolute atomic E-state index is 13.0. The van der Waals surface area contributed by atoms with Crippen molar-refractivity contribution in [3.05, 3.63) is 34.7 Å². The first-order valence-corrected chi connectivity index (χ1v) is 11.9. The standard InChI is InChI=1S/C22H30N6O3S/c1-22(2,3)31-21(30)28-8-4-16(5-9-28)19-25-17(15-32-19)20(29)27-12-10-26(11-13-27)18-14-23-6-7-24-18/h6-7,14-16H,4-5,8-13H2,1-3H3. The number of aromatic nitrogens is 3. The van der Waals surface area contributed by atoms with Crippen molar-refractivity contribution in [1.82, 2.24) is 24.8 Å². The lowest BCUT2D eigenvalue weighted by Crippen LogP contribution is -2.49. The zero-order chi connectivity index (χ0) is 22.7. The summed E-state index contributed by atoms with van der Waals surface area (Å²) >= 11 is 1.54. The summed E-state index contributed by atoms with van der Waals surface area (Å²) in [6.07, 6.45) is 6.49. The molecule has 0 saturated carbocycles. The maximum Gasteiger partial charge on any atom is 0.410 e. The van der Waals surface area contributed by atoms with Crippen LogP contribution in [0.25, 0.3) is 0 Å². The number of carbonyl (C=O) groups excluding carboxylic acids is 2. The number of ether oxygens (including phenoxy) is 1. The number of likely N-dealkylation sites (tertiary alicyclic amines) is 1. The number of carbonyl (C=O) groups is 2. The Morgan fingerprint density at radius 3 is 2.38 bits per heavy atom. The Hall–Kier alpha value is -2.75. The molecule has 2 saturated heterocycles. The quantitative estimate of drug-likeness (QED) is 0.698. The third kappa shape index (κ3) is 5.35. The van der Waals surface area contributed by atoms with Gasteiger partial charge in [-0.1, -0.05) is 0 Å². The van der Waals surface area contributed by atoms with E-state index >= 15 is 0 Å². The van der Waals surface area contributed by atoms with Gasteiger partial charge in [-0.25, -0.2) is 14.8 Å². The molecule has 10 heteroatoms. The molecule has 172 valence electrons. The largest absolute Gasteiger partial charge is 0.444 e. The Morgan fingerprint density at radius 1 is 1.03 bits per heavy atom. The summed E-state index contributed by atoms with van der Waals surface area (Å²) in [4.78, 5) is 44.1. The lowest BCUT2D eigenvalue weighted by molar-refractivity contribution is 0.0204. The van der Waals surface area contributed by atoms with Gasteiger partial charge < -0.3 is 19.4 Å². The summed E-state index contributed by atoms with van der Waals surface area (Å²) in [6, 6.07) is 0. The first-order valence-electron chi connectivity index (χ1n) is 11.0. The van der Waals surface area contributed by atoms with Crippen molar-refractivity contribution in [3.63, 3.8) is 0 Å². The molecule has 2 aliphatic heterocycles. The number of piperidine rings is 1. The third-order valence-electron chi connectivity index (χ3n) is 5.68. The van der Waals surface area contributed by atoms with E-state index in [1.54, 1.807) is 34.8 Å². The molecule has 9 nitrogen and oxygen atoms in total. The Morgan fingerprint density at radius 2 is 1.75 bits per heavy atom. The fourth-order valence-corrected chi connectivity index (χ4v) is 4.93. The normalized spacial score (nSPS) is 18.0. The zero-order valence-corrected chi connectivity index (χ0v) is 19.7. The van der Waals surface area contributed by atoms with Gasteiger partial charge in [-0.15, -0.1) is 11.3 Å². The van der Waals surface area contributed by atoms with E-state index in [0.29, 0.717) is 31.9 Å². The minimum atomic E-state index is -0.488. The van der Waals surface area contributed by atoms with E-state index in [0.717, 1.165) is 36.8 Å². The van der Waals surface area contributed by atoms with Crippen LogP contribution < -0.4 is 4.90 Å². The van der Waals surface area contributed by atoms with Gasteiger partial charge in [0.05, 0.1) is 11.2 Å². The number of nitrogens with zero attached hydrogens (tertiary/aromatic N) is 6. The molecule has 2 aromatic rings. The van der Waals surface area contributed by atoms with Crippen LogP contribution in [-0.2, 0) is 4.74 Å². The molecule has 2 amide bonds. The molecule has 4 rings (SSSR count). The predicted molar refractivity (Wildman–Crippen MR) is 122 cm³/mol. The number of anilines is 1. The van der Waals surface area contributed by atoms with Crippen molar-refractivity contribution in [2.24, 2.45) is 0 Å². The van der Waals surface area contributed by atoms with Crippen molar-refractivity contribution in [1.29, 1.82) is 0 Å². The van der Waals surface area contributed by atoms with Gasteiger partial charge in [-0.2, -0.15) is 0 Å². The van der Waals surface area contributed by atoms with Crippen LogP contribution in [0.4, 0.5) is 10.6 Å². The van der Waals surface area contributed by atoms with Gasteiger partial charge in [0.1, 0.15) is 17.1 Å². The van der Waals surface area contributed by atoms with Crippen LogP contribution in [0.3, 0.4) is 0 Å². The Bertz CT molecular complexity index is 929. The molecule has 0 spiro atoms. The van der Waals surface area contributed by atoms with E-state index in [4.69, 9.17) is 4.74 Å². The van der Waals surface area contributed by atoms with E-state index in [9.17, 15) is 9.59 Å². The van der Waals surface area contributed by atoms with Crippen molar-refractivity contribution in [3.8, 4) is 0 Å². The second-order valence-electron chi connectivity index (χ2n) is 9.16. The fraction of sp³-hybridized carbons (Fsp3) is 0.591. The van der Waals surface area contributed by atoms with Crippen LogP contribution in [-0.4, -0.2) is 81.6 Å². The third-order valence-corrected chi connectivity index (χ3v) is 6.68. The van der Waals surface area contributed by atoms with Gasteiger partial charge in [0.15, 0.2) is 0 Å². The molecule has 2 aliphatic rings. The lowest BCUT2D eigenvalue weighted by atomic mass is 9.98. The first-order chi connectivity index (χ1) is 15.3. The second-order valence-corrected chi connectivity index (χ2v) is 10.0. The van der Waals surface area contributed by atoms with E-state index in [1.165, 1.54) is 0 Å². The van der Waals surface area contributed by atoms with Gasteiger partial charge in [-0.3, -0.25) is 9.78 Å². The summed E-state index contributed by atoms with van der Waals surface area (Å²) in [5.74, 6) is 1.10. The van der Waals surface area contributed by atoms with Crippen molar-refractivity contribution in [2.75, 3.05) is 44.2 Å².